The smallest absolute Gasteiger partial charge is 0.337 e. The van der Waals surface area contributed by atoms with Crippen molar-refractivity contribution in [2.24, 2.45) is 0 Å². The molecule has 0 spiro atoms. The van der Waals surface area contributed by atoms with Crippen molar-refractivity contribution >= 4 is 17.6 Å². The lowest BCUT2D eigenvalue weighted by atomic mass is 10.1. The Morgan fingerprint density at radius 3 is 2.79 bits per heavy atom. The van der Waals surface area contributed by atoms with Crippen molar-refractivity contribution in [2.45, 2.75) is 0 Å². The Kier molecular flexibility index (Phi) is 3.12. The SMILES string of the molecule is N#CC#Cc1ccc(Cl)c(C(=O)O)c1. The lowest BCUT2D eigenvalue weighted by Crippen LogP contribution is -1.97. The predicted molar refractivity (Wildman–Crippen MR) is 50.9 cm³/mol. The van der Waals surface area contributed by atoms with Crippen LogP contribution in [0.5, 0.6) is 0 Å². The number of halogens is 1. The first-order valence-electron chi connectivity index (χ1n) is 3.58. The van der Waals surface area contributed by atoms with Crippen LogP contribution in [0.3, 0.4) is 0 Å². The van der Waals surface area contributed by atoms with Crippen molar-refractivity contribution in [1.29, 1.82) is 5.26 Å². The average molecular weight is 206 g/mol. The van der Waals surface area contributed by atoms with Crippen molar-refractivity contribution < 1.29 is 9.90 Å². The molecule has 0 aliphatic carbocycles. The van der Waals surface area contributed by atoms with Gasteiger partial charge in [0.1, 0.15) is 0 Å². The molecule has 0 aliphatic rings. The second-order valence-corrected chi connectivity index (χ2v) is 2.77. The van der Waals surface area contributed by atoms with Crippen molar-refractivity contribution in [3.05, 3.63) is 34.3 Å². The summed E-state index contributed by atoms with van der Waals surface area (Å²) in [5.41, 5.74) is 0.435. The van der Waals surface area contributed by atoms with Gasteiger partial charge in [-0.05, 0) is 18.2 Å². The topological polar surface area (TPSA) is 61.1 Å². The first kappa shape index (κ1) is 10.1. The van der Waals surface area contributed by atoms with Crippen LogP contribution in [0.4, 0.5) is 0 Å². The van der Waals surface area contributed by atoms with Gasteiger partial charge in [-0.2, -0.15) is 5.26 Å². The quantitative estimate of drug-likeness (QED) is 0.713. The van der Waals surface area contributed by atoms with E-state index in [1.165, 1.54) is 12.1 Å². The molecular formula is C10H4ClNO2. The van der Waals surface area contributed by atoms with Crippen LogP contribution < -0.4 is 0 Å². The van der Waals surface area contributed by atoms with Gasteiger partial charge in [0.05, 0.1) is 10.6 Å². The highest BCUT2D eigenvalue weighted by molar-refractivity contribution is 6.33. The minimum Gasteiger partial charge on any atom is -0.478 e. The zero-order chi connectivity index (χ0) is 10.6. The summed E-state index contributed by atoms with van der Waals surface area (Å²) < 4.78 is 0. The molecule has 1 rings (SSSR count). The molecule has 1 aromatic carbocycles. The summed E-state index contributed by atoms with van der Waals surface area (Å²) >= 11 is 5.63. The van der Waals surface area contributed by atoms with Crippen molar-refractivity contribution in [1.82, 2.24) is 0 Å². The number of hydrogen-bond acceptors (Lipinski definition) is 2. The normalized spacial score (nSPS) is 8.29. The number of benzene rings is 1. The molecule has 0 unspecified atom stereocenters. The molecule has 0 heterocycles. The van der Waals surface area contributed by atoms with Crippen LogP contribution in [0.15, 0.2) is 18.2 Å². The molecule has 0 bridgehead atoms. The molecule has 68 valence electrons. The number of carbonyl (C=O) groups is 1. The van der Waals surface area contributed by atoms with Gasteiger partial charge in [-0.25, -0.2) is 4.79 Å². The van der Waals surface area contributed by atoms with Crippen LogP contribution >= 0.6 is 11.6 Å². The number of hydrogen-bond donors (Lipinski definition) is 1. The monoisotopic (exact) mass is 205 g/mol. The molecule has 14 heavy (non-hydrogen) atoms. The van der Waals surface area contributed by atoms with Crippen LogP contribution in [0.1, 0.15) is 15.9 Å². The largest absolute Gasteiger partial charge is 0.478 e. The van der Waals surface area contributed by atoms with Crippen LogP contribution in [-0.4, -0.2) is 11.1 Å². The molecule has 0 amide bonds. The Bertz CT molecular complexity index is 477. The van der Waals surface area contributed by atoms with Crippen LogP contribution in [0.2, 0.25) is 5.02 Å². The third-order valence-electron chi connectivity index (χ3n) is 1.46. The van der Waals surface area contributed by atoms with Crippen LogP contribution in [0, 0.1) is 23.2 Å². The fourth-order valence-electron chi connectivity index (χ4n) is 0.867. The van der Waals surface area contributed by atoms with Gasteiger partial charge in [0.15, 0.2) is 6.07 Å². The highest BCUT2D eigenvalue weighted by Gasteiger charge is 2.08. The van der Waals surface area contributed by atoms with Gasteiger partial charge in [-0.15, -0.1) is 0 Å². The third-order valence-corrected chi connectivity index (χ3v) is 1.79. The standard InChI is InChI=1S/C10H4ClNO2/c11-9-4-3-7(2-1-5-12)6-8(9)10(13)14/h3-4,6H,(H,13,14). The predicted octanol–water partition coefficient (Wildman–Crippen LogP) is 1.91. The van der Waals surface area contributed by atoms with Gasteiger partial charge in [-0.1, -0.05) is 17.5 Å². The van der Waals surface area contributed by atoms with Gasteiger partial charge in [0.2, 0.25) is 0 Å². The Morgan fingerprint density at radius 1 is 1.50 bits per heavy atom. The number of nitriles is 1. The number of rotatable bonds is 1. The summed E-state index contributed by atoms with van der Waals surface area (Å²) in [6, 6.07) is 5.96. The number of carboxylic acid groups (broad SMARTS) is 1. The second kappa shape index (κ2) is 4.32. The summed E-state index contributed by atoms with van der Waals surface area (Å²) in [6.45, 7) is 0. The molecule has 4 heteroatoms. The Balaban J connectivity index is 3.21. The first-order valence-corrected chi connectivity index (χ1v) is 3.96. The fourth-order valence-corrected chi connectivity index (χ4v) is 1.07. The Hall–Kier alpha value is -1.97. The lowest BCUT2D eigenvalue weighted by Gasteiger charge is -1.98. The highest BCUT2D eigenvalue weighted by Crippen LogP contribution is 2.16. The Labute approximate surface area is 85.5 Å². The van der Waals surface area contributed by atoms with E-state index in [0.717, 1.165) is 0 Å². The molecule has 0 aliphatic heterocycles. The van der Waals surface area contributed by atoms with Gasteiger partial charge >= 0.3 is 5.97 Å². The van der Waals surface area contributed by atoms with Crippen molar-refractivity contribution in [3.8, 4) is 17.9 Å². The number of nitrogens with zero attached hydrogens (tertiary/aromatic N) is 1. The molecule has 0 aromatic heterocycles. The molecule has 0 saturated heterocycles. The summed E-state index contributed by atoms with van der Waals surface area (Å²) in [4.78, 5) is 10.7. The lowest BCUT2D eigenvalue weighted by molar-refractivity contribution is 0.0697. The molecule has 0 atom stereocenters. The second-order valence-electron chi connectivity index (χ2n) is 2.36. The molecular weight excluding hydrogens is 202 g/mol. The van der Waals surface area contributed by atoms with Crippen LogP contribution in [-0.2, 0) is 0 Å². The summed E-state index contributed by atoms with van der Waals surface area (Å²) in [5.74, 6) is 3.54. The van der Waals surface area contributed by atoms with Crippen molar-refractivity contribution in [2.75, 3.05) is 0 Å². The van der Waals surface area contributed by atoms with E-state index in [1.54, 1.807) is 12.1 Å². The molecule has 1 N–H and O–H groups in total. The fraction of sp³-hybridized carbons (Fsp3) is 0. The van der Waals surface area contributed by atoms with Crippen molar-refractivity contribution in [3.63, 3.8) is 0 Å². The first-order chi connectivity index (χ1) is 6.65. The van der Waals surface area contributed by atoms with Gasteiger partial charge in [0.25, 0.3) is 0 Å². The van der Waals surface area contributed by atoms with Gasteiger partial charge < -0.3 is 5.11 Å². The van der Waals surface area contributed by atoms with E-state index in [4.69, 9.17) is 22.0 Å². The summed E-state index contributed by atoms with van der Waals surface area (Å²) in [7, 11) is 0. The Morgan fingerprint density at radius 2 is 2.21 bits per heavy atom. The van der Waals surface area contributed by atoms with E-state index in [1.807, 2.05) is 0 Å². The van der Waals surface area contributed by atoms with Gasteiger partial charge in [-0.3, -0.25) is 0 Å². The minimum absolute atomic E-state index is 0.0172. The number of aromatic carboxylic acids is 1. The van der Waals surface area contributed by atoms with Crippen LogP contribution in [0.25, 0.3) is 0 Å². The molecule has 0 saturated carbocycles. The molecule has 0 radical (unpaired) electrons. The minimum atomic E-state index is -1.12. The zero-order valence-electron chi connectivity index (χ0n) is 6.91. The van der Waals surface area contributed by atoms with E-state index in [2.05, 4.69) is 11.8 Å². The maximum absolute atomic E-state index is 10.7. The molecule has 3 nitrogen and oxygen atoms in total. The van der Waals surface area contributed by atoms with E-state index in [9.17, 15) is 4.79 Å². The zero-order valence-corrected chi connectivity index (χ0v) is 7.67. The van der Waals surface area contributed by atoms with Gasteiger partial charge in [0, 0.05) is 11.5 Å². The molecule has 1 aromatic rings. The van der Waals surface area contributed by atoms with E-state index in [-0.39, 0.29) is 10.6 Å². The van der Waals surface area contributed by atoms with E-state index < -0.39 is 5.97 Å². The summed E-state index contributed by atoms with van der Waals surface area (Å²) in [6.07, 6.45) is 0. The van der Waals surface area contributed by atoms with E-state index >= 15 is 0 Å². The highest BCUT2D eigenvalue weighted by atomic mass is 35.5. The maximum Gasteiger partial charge on any atom is 0.337 e. The third kappa shape index (κ3) is 2.26. The number of carboxylic acids is 1. The molecule has 0 fully saturated rings. The summed E-state index contributed by atoms with van der Waals surface area (Å²) in [5, 5.41) is 17.1. The van der Waals surface area contributed by atoms with E-state index in [0.29, 0.717) is 5.56 Å². The maximum atomic E-state index is 10.7. The average Bonchev–Trinajstić information content (AvgIpc) is 2.16.